The van der Waals surface area contributed by atoms with Crippen LogP contribution in [0.2, 0.25) is 9.36 Å². The van der Waals surface area contributed by atoms with E-state index in [0.29, 0.717) is 7.35 Å². The molecule has 0 amide bonds. The van der Waals surface area contributed by atoms with Gasteiger partial charge < -0.3 is 0 Å². The third kappa shape index (κ3) is 5.70. The molecule has 8 rings (SSSR count). The Kier molecular flexibility index (Phi) is 8.52. The van der Waals surface area contributed by atoms with Crippen LogP contribution in [0.25, 0.3) is 34.4 Å². The van der Waals surface area contributed by atoms with Crippen molar-refractivity contribution in [2.75, 3.05) is 0 Å². The number of hydrogen-bond acceptors (Lipinski definition) is 0. The first kappa shape index (κ1) is 32.7. The average molecular weight is 813 g/mol. The van der Waals surface area contributed by atoms with Crippen LogP contribution in [-0.4, -0.2) is 3.26 Å². The van der Waals surface area contributed by atoms with E-state index in [1.807, 2.05) is 0 Å². The van der Waals surface area contributed by atoms with Crippen molar-refractivity contribution in [3.05, 3.63) is 202 Å². The van der Waals surface area contributed by atoms with Crippen LogP contribution < -0.4 is 0 Å². The molecular weight excluding hydrogens is 767 g/mol. The van der Waals surface area contributed by atoms with Crippen LogP contribution >= 0.6 is 0 Å². The first-order chi connectivity index (χ1) is 24.3. The van der Waals surface area contributed by atoms with Crippen molar-refractivity contribution in [3.63, 3.8) is 0 Å². The van der Waals surface area contributed by atoms with E-state index < -0.39 is 18.0 Å². The molecule has 6 aromatic carbocycles. The SMILES string of the molecule is Cc1cccc(-c2cccc3c2C=C[CH]3[Hf]([CH3])([CH3])(=[C](Cc2ccccc2)Cc2ccccc2)[CH]2C=Cc3c(-c4cccc(C)c4)cccc32)c1. The molecule has 2 unspecified atom stereocenters. The van der Waals surface area contributed by atoms with E-state index in [0.717, 1.165) is 12.8 Å². The second-order valence-corrected chi connectivity index (χ2v) is 41.3. The Labute approximate surface area is 299 Å². The molecule has 2 atom stereocenters. The van der Waals surface area contributed by atoms with Crippen molar-refractivity contribution in [2.24, 2.45) is 0 Å². The van der Waals surface area contributed by atoms with Gasteiger partial charge in [-0.1, -0.05) is 0 Å². The Morgan fingerprint density at radius 3 is 1.32 bits per heavy atom. The van der Waals surface area contributed by atoms with E-state index in [4.69, 9.17) is 0 Å². The van der Waals surface area contributed by atoms with Gasteiger partial charge in [0, 0.05) is 0 Å². The Morgan fingerprint density at radius 2 is 0.900 bits per heavy atom. The average Bonchev–Trinajstić information content (AvgIpc) is 3.79. The van der Waals surface area contributed by atoms with Gasteiger partial charge in [0.2, 0.25) is 0 Å². The van der Waals surface area contributed by atoms with Crippen LogP contribution in [0.5, 0.6) is 0 Å². The summed E-state index contributed by atoms with van der Waals surface area (Å²) in [4.78, 5) is 0. The van der Waals surface area contributed by atoms with Crippen molar-refractivity contribution in [3.8, 4) is 22.3 Å². The molecule has 246 valence electrons. The zero-order valence-electron chi connectivity index (χ0n) is 29.7. The Hall–Kier alpha value is -4.46. The first-order valence-corrected chi connectivity index (χ1v) is 31.3. The molecule has 0 heterocycles. The van der Waals surface area contributed by atoms with Crippen LogP contribution in [-0.2, 0) is 30.9 Å². The molecule has 0 aromatic heterocycles. The van der Waals surface area contributed by atoms with E-state index >= 15 is 0 Å². The molecule has 0 aliphatic heterocycles. The molecular formula is C49H46Hf. The summed E-state index contributed by atoms with van der Waals surface area (Å²) in [5.41, 5.74) is 16.6. The number of fused-ring (bicyclic) bond motifs is 2. The summed E-state index contributed by atoms with van der Waals surface area (Å²) in [6.07, 6.45) is 12.2. The number of allylic oxidation sites excluding steroid dienone is 2. The van der Waals surface area contributed by atoms with Crippen LogP contribution in [0, 0.1) is 13.8 Å². The molecule has 0 saturated carbocycles. The number of aryl methyl sites for hydroxylation is 2. The zero-order chi connectivity index (χ0) is 34.3. The summed E-state index contributed by atoms with van der Waals surface area (Å²) < 4.78 is 8.14. The molecule has 0 nitrogen and oxygen atoms in total. The molecule has 0 radical (unpaired) electrons. The predicted octanol–water partition coefficient (Wildman–Crippen LogP) is 12.9. The van der Waals surface area contributed by atoms with Crippen LogP contribution in [0.1, 0.15) is 51.9 Å². The predicted molar refractivity (Wildman–Crippen MR) is 214 cm³/mol. The van der Waals surface area contributed by atoms with E-state index in [1.165, 1.54) is 66.8 Å². The van der Waals surface area contributed by atoms with E-state index in [-0.39, 0.29) is 0 Å². The van der Waals surface area contributed by atoms with Gasteiger partial charge in [-0.3, -0.25) is 0 Å². The van der Waals surface area contributed by atoms with Gasteiger partial charge in [0.15, 0.2) is 0 Å². The van der Waals surface area contributed by atoms with Gasteiger partial charge in [-0.25, -0.2) is 0 Å². The van der Waals surface area contributed by atoms with E-state index in [2.05, 4.69) is 193 Å². The van der Waals surface area contributed by atoms with E-state index in [1.54, 1.807) is 3.26 Å². The molecule has 0 spiro atoms. The standard InChI is InChI=1S/2C16H13.C15H14.2CH3.Hf/c2*1-12-5-2-8-14(11-12)16-10-4-7-13-6-3-9-15(13)16;1-3-8-14(9-4-1)12-7-13-15-10-5-2-6-11-15;;;/h2*2-11H,1H3;1-6,8-11H,12-13H2;2*1H3;. The molecule has 2 aliphatic carbocycles. The van der Waals surface area contributed by atoms with Gasteiger partial charge in [0.25, 0.3) is 0 Å². The fraction of sp³-hybridized carbons (Fsp3) is 0.163. The van der Waals surface area contributed by atoms with Gasteiger partial charge in [0.1, 0.15) is 0 Å². The van der Waals surface area contributed by atoms with Crippen LogP contribution in [0.4, 0.5) is 0 Å². The molecule has 2 aliphatic rings. The van der Waals surface area contributed by atoms with Crippen molar-refractivity contribution in [1.29, 1.82) is 0 Å². The normalized spacial score (nSPS) is 16.3. The Balaban J connectivity index is 1.40. The van der Waals surface area contributed by atoms with Crippen molar-refractivity contribution in [1.82, 2.24) is 0 Å². The topological polar surface area (TPSA) is 0 Å². The van der Waals surface area contributed by atoms with Gasteiger partial charge in [-0.05, 0) is 0 Å². The minimum absolute atomic E-state index is 0.373. The minimum atomic E-state index is -4.43. The van der Waals surface area contributed by atoms with Gasteiger partial charge >= 0.3 is 301 Å². The molecule has 50 heavy (non-hydrogen) atoms. The zero-order valence-corrected chi connectivity index (χ0v) is 33.3. The maximum absolute atomic E-state index is 4.43. The summed E-state index contributed by atoms with van der Waals surface area (Å²) in [7, 11) is 0. The molecule has 0 saturated heterocycles. The Bertz CT molecular complexity index is 2190. The van der Waals surface area contributed by atoms with Gasteiger partial charge in [0.05, 0.1) is 0 Å². The summed E-state index contributed by atoms with van der Waals surface area (Å²) in [6, 6.07) is 54.7. The monoisotopic (exact) mass is 814 g/mol. The summed E-state index contributed by atoms with van der Waals surface area (Å²) in [5.74, 6) is 0. The van der Waals surface area contributed by atoms with Gasteiger partial charge in [-0.15, -0.1) is 0 Å². The number of benzene rings is 6. The van der Waals surface area contributed by atoms with Crippen molar-refractivity contribution in [2.45, 2.75) is 43.4 Å². The molecule has 0 bridgehead atoms. The molecule has 0 fully saturated rings. The number of hydrogen-bond donors (Lipinski definition) is 0. The number of rotatable bonds is 8. The second kappa shape index (κ2) is 13.0. The summed E-state index contributed by atoms with van der Waals surface area (Å²) in [5, 5.41) is 0. The van der Waals surface area contributed by atoms with Crippen molar-refractivity contribution >= 4 is 15.4 Å². The van der Waals surface area contributed by atoms with Crippen LogP contribution in [0.3, 0.4) is 0 Å². The molecule has 6 aromatic rings. The Morgan fingerprint density at radius 1 is 0.480 bits per heavy atom. The third-order valence-electron chi connectivity index (χ3n) is 12.1. The first-order valence-electron chi connectivity index (χ1n) is 18.2. The van der Waals surface area contributed by atoms with Crippen LogP contribution in [0.15, 0.2) is 158 Å². The fourth-order valence-electron chi connectivity index (χ4n) is 9.29. The summed E-state index contributed by atoms with van der Waals surface area (Å²) >= 11 is -4.43. The quantitative estimate of drug-likeness (QED) is 0.134. The fourth-order valence-corrected chi connectivity index (χ4v) is 32.9. The molecule has 0 N–H and O–H groups in total. The third-order valence-corrected chi connectivity index (χ3v) is 38.7. The second-order valence-electron chi connectivity index (χ2n) is 15.6. The summed E-state index contributed by atoms with van der Waals surface area (Å²) in [6.45, 7) is 4.40. The van der Waals surface area contributed by atoms with Crippen molar-refractivity contribution < 1.29 is 18.0 Å². The van der Waals surface area contributed by atoms with E-state index in [9.17, 15) is 0 Å². The molecule has 1 heteroatoms. The maximum atomic E-state index is 2.81. The van der Waals surface area contributed by atoms with Gasteiger partial charge in [-0.2, -0.15) is 0 Å².